The third-order valence-electron chi connectivity index (χ3n) is 3.65. The van der Waals surface area contributed by atoms with Crippen molar-refractivity contribution < 1.29 is 4.39 Å². The maximum Gasteiger partial charge on any atom is 0.146 e. The quantitative estimate of drug-likeness (QED) is 0.875. The van der Waals surface area contributed by atoms with Gasteiger partial charge in [0.25, 0.3) is 0 Å². The average molecular weight is 292 g/mol. The van der Waals surface area contributed by atoms with Crippen molar-refractivity contribution in [2.24, 2.45) is 5.73 Å². The van der Waals surface area contributed by atoms with Gasteiger partial charge in [0.2, 0.25) is 0 Å². The van der Waals surface area contributed by atoms with E-state index < -0.39 is 11.9 Å². The molecule has 2 N–H and O–H groups in total. The molecule has 0 aliphatic carbocycles. The molecule has 2 rings (SSSR count). The first-order valence-corrected chi connectivity index (χ1v) is 7.04. The van der Waals surface area contributed by atoms with E-state index in [9.17, 15) is 4.39 Å². The van der Waals surface area contributed by atoms with Crippen LogP contribution in [0.5, 0.6) is 0 Å². The van der Waals surface area contributed by atoms with Crippen molar-refractivity contribution in [1.29, 1.82) is 0 Å². The van der Waals surface area contributed by atoms with Crippen molar-refractivity contribution in [2.45, 2.75) is 33.2 Å². The molecule has 106 valence electrons. The Morgan fingerprint density at radius 1 is 1.15 bits per heavy atom. The minimum absolute atomic E-state index is 0.121. The van der Waals surface area contributed by atoms with Crippen molar-refractivity contribution in [1.82, 2.24) is 0 Å². The first kappa shape index (κ1) is 15.0. The minimum atomic E-state index is -0.413. The Kier molecular flexibility index (Phi) is 4.46. The lowest BCUT2D eigenvalue weighted by atomic mass is 9.92. The normalized spacial score (nSPS) is 12.5. The van der Waals surface area contributed by atoms with Crippen LogP contribution in [0.15, 0.2) is 30.3 Å². The van der Waals surface area contributed by atoms with Gasteiger partial charge in [-0.05, 0) is 49.9 Å². The number of rotatable bonds is 3. The molecule has 3 heteroatoms. The molecule has 0 heterocycles. The van der Waals surface area contributed by atoms with Gasteiger partial charge in [-0.3, -0.25) is 0 Å². The van der Waals surface area contributed by atoms with Crippen LogP contribution in [0.2, 0.25) is 5.02 Å². The predicted octanol–water partition coefficient (Wildman–Crippen LogP) is 4.65. The fourth-order valence-corrected chi connectivity index (χ4v) is 2.85. The van der Waals surface area contributed by atoms with Crippen molar-refractivity contribution >= 4 is 11.6 Å². The molecule has 1 unspecified atom stereocenters. The van der Waals surface area contributed by atoms with Gasteiger partial charge < -0.3 is 5.73 Å². The largest absolute Gasteiger partial charge is 0.324 e. The van der Waals surface area contributed by atoms with Crippen LogP contribution >= 0.6 is 11.6 Å². The highest BCUT2D eigenvalue weighted by Gasteiger charge is 2.16. The number of benzene rings is 2. The number of aryl methyl sites for hydroxylation is 3. The molecule has 1 nitrogen and oxygen atoms in total. The summed E-state index contributed by atoms with van der Waals surface area (Å²) in [5.41, 5.74) is 11.4. The summed E-state index contributed by atoms with van der Waals surface area (Å²) in [5.74, 6) is -0.413. The van der Waals surface area contributed by atoms with Crippen molar-refractivity contribution in [3.63, 3.8) is 0 Å². The maximum absolute atomic E-state index is 14.0. The minimum Gasteiger partial charge on any atom is -0.324 e. The molecule has 0 saturated heterocycles. The Morgan fingerprint density at radius 3 is 2.35 bits per heavy atom. The topological polar surface area (TPSA) is 26.0 Å². The highest BCUT2D eigenvalue weighted by molar-refractivity contribution is 6.30. The molecule has 0 aliphatic rings. The second-order valence-electron chi connectivity index (χ2n) is 5.33. The molecule has 2 aromatic rings. The molecule has 0 bridgehead atoms. The Morgan fingerprint density at radius 2 is 1.75 bits per heavy atom. The Balaban J connectivity index is 2.33. The summed E-state index contributed by atoms with van der Waals surface area (Å²) in [6.07, 6.45) is 0.606. The van der Waals surface area contributed by atoms with Crippen LogP contribution in [0.3, 0.4) is 0 Å². The fourth-order valence-electron chi connectivity index (χ4n) is 2.67. The number of nitrogens with two attached hydrogens (primary N) is 1. The van der Waals surface area contributed by atoms with E-state index in [1.807, 2.05) is 0 Å². The zero-order valence-electron chi connectivity index (χ0n) is 12.0. The standard InChI is InChI=1S/C17H19ClFN/c1-10-7-11(2)14(12(3)8-10)9-16(20)13-5-4-6-15(18)17(13)19/h4-8,16H,9,20H2,1-3H3. The predicted molar refractivity (Wildman–Crippen MR) is 82.7 cm³/mol. The molecule has 0 spiro atoms. The summed E-state index contributed by atoms with van der Waals surface area (Å²) in [4.78, 5) is 0. The number of hydrogen-bond acceptors (Lipinski definition) is 1. The van der Waals surface area contributed by atoms with Gasteiger partial charge >= 0.3 is 0 Å². The van der Waals surface area contributed by atoms with Crippen LogP contribution < -0.4 is 5.73 Å². The lowest BCUT2D eigenvalue weighted by molar-refractivity contribution is 0.580. The second kappa shape index (κ2) is 5.94. The third-order valence-corrected chi connectivity index (χ3v) is 3.94. The smallest absolute Gasteiger partial charge is 0.146 e. The highest BCUT2D eigenvalue weighted by Crippen LogP contribution is 2.27. The summed E-state index contributed by atoms with van der Waals surface area (Å²) in [5, 5.41) is 0.121. The van der Waals surface area contributed by atoms with Crippen molar-refractivity contribution in [2.75, 3.05) is 0 Å². The number of hydrogen-bond donors (Lipinski definition) is 1. The van der Waals surface area contributed by atoms with Gasteiger partial charge in [0.15, 0.2) is 0 Å². The van der Waals surface area contributed by atoms with Crippen LogP contribution in [0.25, 0.3) is 0 Å². The van der Waals surface area contributed by atoms with Gasteiger partial charge in [-0.1, -0.05) is 41.4 Å². The molecule has 0 amide bonds. The summed E-state index contributed by atoms with van der Waals surface area (Å²) in [6, 6.07) is 8.83. The first-order chi connectivity index (χ1) is 9.40. The maximum atomic E-state index is 14.0. The lowest BCUT2D eigenvalue weighted by Gasteiger charge is -2.17. The van der Waals surface area contributed by atoms with Crippen LogP contribution in [-0.2, 0) is 6.42 Å². The van der Waals surface area contributed by atoms with E-state index in [0.29, 0.717) is 12.0 Å². The molecule has 0 radical (unpaired) electrons. The van der Waals surface area contributed by atoms with Gasteiger partial charge in [-0.15, -0.1) is 0 Å². The zero-order valence-corrected chi connectivity index (χ0v) is 12.8. The second-order valence-corrected chi connectivity index (χ2v) is 5.74. The Bertz CT molecular complexity index is 614. The number of halogens is 2. The van der Waals surface area contributed by atoms with E-state index >= 15 is 0 Å². The molecule has 2 aromatic carbocycles. The van der Waals surface area contributed by atoms with Gasteiger partial charge in [0.1, 0.15) is 5.82 Å². The molecule has 0 aliphatic heterocycles. The van der Waals surface area contributed by atoms with Crippen LogP contribution in [-0.4, -0.2) is 0 Å². The molecular formula is C17H19ClFN. The summed E-state index contributed by atoms with van der Waals surface area (Å²) >= 11 is 5.81. The monoisotopic (exact) mass is 291 g/mol. The van der Waals surface area contributed by atoms with E-state index in [4.69, 9.17) is 17.3 Å². The molecule has 20 heavy (non-hydrogen) atoms. The Hall–Kier alpha value is -1.38. The van der Waals surface area contributed by atoms with Crippen molar-refractivity contribution in [3.8, 4) is 0 Å². The Labute approximate surface area is 124 Å². The summed E-state index contributed by atoms with van der Waals surface area (Å²) < 4.78 is 14.0. The first-order valence-electron chi connectivity index (χ1n) is 6.66. The summed E-state index contributed by atoms with van der Waals surface area (Å²) in [7, 11) is 0. The highest BCUT2D eigenvalue weighted by atomic mass is 35.5. The summed E-state index contributed by atoms with van der Waals surface area (Å²) in [6.45, 7) is 6.20. The zero-order chi connectivity index (χ0) is 14.9. The molecular weight excluding hydrogens is 273 g/mol. The van der Waals surface area contributed by atoms with E-state index in [-0.39, 0.29) is 5.02 Å². The SMILES string of the molecule is Cc1cc(C)c(CC(N)c2cccc(Cl)c2F)c(C)c1. The van der Waals surface area contributed by atoms with Crippen LogP contribution in [0.4, 0.5) is 4.39 Å². The van der Waals surface area contributed by atoms with Gasteiger partial charge in [-0.25, -0.2) is 4.39 Å². The third kappa shape index (κ3) is 3.02. The van der Waals surface area contributed by atoms with E-state index in [1.165, 1.54) is 28.3 Å². The molecule has 0 saturated carbocycles. The van der Waals surface area contributed by atoms with E-state index in [0.717, 1.165) is 0 Å². The van der Waals surface area contributed by atoms with Crippen LogP contribution in [0.1, 0.15) is 33.9 Å². The fraction of sp³-hybridized carbons (Fsp3) is 0.294. The molecule has 1 atom stereocenters. The van der Waals surface area contributed by atoms with Crippen LogP contribution in [0, 0.1) is 26.6 Å². The average Bonchev–Trinajstić information content (AvgIpc) is 2.36. The van der Waals surface area contributed by atoms with Gasteiger partial charge in [-0.2, -0.15) is 0 Å². The van der Waals surface area contributed by atoms with E-state index in [1.54, 1.807) is 12.1 Å². The lowest BCUT2D eigenvalue weighted by Crippen LogP contribution is -2.16. The van der Waals surface area contributed by atoms with Gasteiger partial charge in [0.05, 0.1) is 5.02 Å². The molecule has 0 aromatic heterocycles. The van der Waals surface area contributed by atoms with E-state index in [2.05, 4.69) is 32.9 Å². The van der Waals surface area contributed by atoms with Gasteiger partial charge in [0, 0.05) is 11.6 Å². The van der Waals surface area contributed by atoms with Crippen molar-refractivity contribution in [3.05, 3.63) is 69.0 Å². The molecule has 0 fully saturated rings.